The van der Waals surface area contributed by atoms with Gasteiger partial charge in [0.25, 0.3) is 0 Å². The third kappa shape index (κ3) is 5.73. The molecule has 0 N–H and O–H groups in total. The molecule has 35 heavy (non-hydrogen) atoms. The summed E-state index contributed by atoms with van der Waals surface area (Å²) in [6, 6.07) is 21.2. The molecule has 0 radical (unpaired) electrons. The summed E-state index contributed by atoms with van der Waals surface area (Å²) >= 11 is 7.35. The highest BCUT2D eigenvalue weighted by atomic mass is 79.9. The normalized spacial score (nSPS) is 12.1. The zero-order valence-electron chi connectivity index (χ0n) is 21.4. The van der Waals surface area contributed by atoms with Crippen molar-refractivity contribution in [1.82, 2.24) is 15.0 Å². The number of halogens is 2. The Bertz CT molecular complexity index is 1260. The van der Waals surface area contributed by atoms with Gasteiger partial charge in [0.1, 0.15) is 0 Å². The molecule has 3 nitrogen and oxygen atoms in total. The third-order valence-electron chi connectivity index (χ3n) is 6.19. The Balaban J connectivity index is 1.87. The molecule has 1 heterocycles. The Morgan fingerprint density at radius 3 is 1.14 bits per heavy atom. The van der Waals surface area contributed by atoms with Crippen LogP contribution in [0.3, 0.4) is 0 Å². The lowest BCUT2D eigenvalue weighted by Crippen LogP contribution is -2.10. The Kier molecular flexibility index (Phi) is 7.05. The van der Waals surface area contributed by atoms with Crippen LogP contribution in [0.2, 0.25) is 0 Å². The van der Waals surface area contributed by atoms with E-state index in [4.69, 9.17) is 15.0 Å². The summed E-state index contributed by atoms with van der Waals surface area (Å²) in [5, 5.41) is 0. The average molecular weight is 593 g/mol. The highest BCUT2D eigenvalue weighted by molar-refractivity contribution is 9.11. The predicted molar refractivity (Wildman–Crippen MR) is 154 cm³/mol. The lowest BCUT2D eigenvalue weighted by molar-refractivity contribution is 0.590. The van der Waals surface area contributed by atoms with Crippen LogP contribution in [0.5, 0.6) is 0 Å². The molecule has 0 spiro atoms. The van der Waals surface area contributed by atoms with Crippen LogP contribution in [-0.4, -0.2) is 15.0 Å². The molecule has 0 unspecified atom stereocenters. The molecule has 5 heteroatoms. The van der Waals surface area contributed by atoms with Gasteiger partial charge in [0.2, 0.25) is 0 Å². The SMILES string of the molecule is Cc1c(Br)cc(-c2nc(-c3ccc(C(C)(C)C)cc3)nc(-c3ccc(C(C)(C)C)cc3)n2)cc1Br. The van der Waals surface area contributed by atoms with Gasteiger partial charge in [0.15, 0.2) is 17.5 Å². The number of nitrogens with zero attached hydrogens (tertiary/aromatic N) is 3. The predicted octanol–water partition coefficient (Wildman–Crippen LogP) is 9.30. The van der Waals surface area contributed by atoms with Gasteiger partial charge < -0.3 is 0 Å². The molecule has 3 aromatic carbocycles. The molecular weight excluding hydrogens is 562 g/mol. The Morgan fingerprint density at radius 1 is 0.514 bits per heavy atom. The van der Waals surface area contributed by atoms with E-state index < -0.39 is 0 Å². The Labute approximate surface area is 225 Å². The fraction of sp³-hybridized carbons (Fsp3) is 0.300. The fourth-order valence-electron chi connectivity index (χ4n) is 3.78. The Hall–Kier alpha value is -2.37. The molecule has 0 aliphatic heterocycles. The molecule has 0 aliphatic rings. The molecule has 0 aliphatic carbocycles. The van der Waals surface area contributed by atoms with Crippen molar-refractivity contribution in [3.8, 4) is 34.2 Å². The highest BCUT2D eigenvalue weighted by Gasteiger charge is 2.18. The van der Waals surface area contributed by atoms with Crippen molar-refractivity contribution in [3.05, 3.63) is 86.3 Å². The molecule has 4 rings (SSSR count). The van der Waals surface area contributed by atoms with Gasteiger partial charge in [-0.25, -0.2) is 15.0 Å². The first kappa shape index (κ1) is 25.7. The van der Waals surface area contributed by atoms with E-state index in [1.165, 1.54) is 11.1 Å². The number of aromatic nitrogens is 3. The minimum Gasteiger partial charge on any atom is -0.208 e. The van der Waals surface area contributed by atoms with Gasteiger partial charge in [-0.15, -0.1) is 0 Å². The van der Waals surface area contributed by atoms with Crippen molar-refractivity contribution in [2.75, 3.05) is 0 Å². The van der Waals surface area contributed by atoms with Crippen molar-refractivity contribution >= 4 is 31.9 Å². The molecule has 0 fully saturated rings. The van der Waals surface area contributed by atoms with Crippen LogP contribution in [0.4, 0.5) is 0 Å². The van der Waals surface area contributed by atoms with Crippen LogP contribution in [0, 0.1) is 6.92 Å². The monoisotopic (exact) mass is 591 g/mol. The van der Waals surface area contributed by atoms with Gasteiger partial charge in [-0.2, -0.15) is 0 Å². The topological polar surface area (TPSA) is 38.7 Å². The van der Waals surface area contributed by atoms with Crippen LogP contribution in [-0.2, 0) is 10.8 Å². The maximum Gasteiger partial charge on any atom is 0.164 e. The maximum absolute atomic E-state index is 4.90. The second-order valence-corrected chi connectivity index (χ2v) is 12.7. The van der Waals surface area contributed by atoms with Crippen molar-refractivity contribution < 1.29 is 0 Å². The first-order valence-corrected chi connectivity index (χ1v) is 13.4. The van der Waals surface area contributed by atoms with Crippen LogP contribution >= 0.6 is 31.9 Å². The second-order valence-electron chi connectivity index (χ2n) is 11.0. The smallest absolute Gasteiger partial charge is 0.164 e. The van der Waals surface area contributed by atoms with Crippen LogP contribution in [0.25, 0.3) is 34.2 Å². The minimum atomic E-state index is 0.0865. The van der Waals surface area contributed by atoms with Crippen molar-refractivity contribution in [3.63, 3.8) is 0 Å². The van der Waals surface area contributed by atoms with E-state index in [0.29, 0.717) is 17.5 Å². The first-order chi connectivity index (χ1) is 16.3. The fourth-order valence-corrected chi connectivity index (χ4v) is 4.96. The molecule has 0 saturated heterocycles. The zero-order valence-corrected chi connectivity index (χ0v) is 24.5. The van der Waals surface area contributed by atoms with E-state index in [1.54, 1.807) is 0 Å². The van der Waals surface area contributed by atoms with Crippen molar-refractivity contribution in [2.45, 2.75) is 59.3 Å². The van der Waals surface area contributed by atoms with E-state index in [-0.39, 0.29) is 10.8 Å². The van der Waals surface area contributed by atoms with E-state index in [9.17, 15) is 0 Å². The van der Waals surface area contributed by atoms with E-state index in [2.05, 4.69) is 141 Å². The number of rotatable bonds is 3. The average Bonchev–Trinajstić information content (AvgIpc) is 2.81. The van der Waals surface area contributed by atoms with Gasteiger partial charge in [0.05, 0.1) is 0 Å². The van der Waals surface area contributed by atoms with Crippen LogP contribution in [0.15, 0.2) is 69.6 Å². The third-order valence-corrected chi connectivity index (χ3v) is 7.84. The quantitative estimate of drug-likeness (QED) is 0.238. The summed E-state index contributed by atoms with van der Waals surface area (Å²) in [5.74, 6) is 1.97. The summed E-state index contributed by atoms with van der Waals surface area (Å²) in [7, 11) is 0. The summed E-state index contributed by atoms with van der Waals surface area (Å²) in [5.41, 5.74) is 6.74. The molecule has 4 aromatic rings. The summed E-state index contributed by atoms with van der Waals surface area (Å²) in [6.07, 6.45) is 0. The Morgan fingerprint density at radius 2 is 0.829 bits per heavy atom. The standard InChI is InChI=1S/C30H31Br2N3/c1-18-24(31)16-21(17-25(18)32)28-34-26(19-8-12-22(13-9-19)29(2,3)4)33-27(35-28)20-10-14-23(15-11-20)30(5,6)7/h8-17H,1-7H3. The number of benzene rings is 3. The maximum atomic E-state index is 4.90. The molecule has 0 atom stereocenters. The summed E-state index contributed by atoms with van der Waals surface area (Å²) < 4.78 is 2.02. The van der Waals surface area contributed by atoms with Gasteiger partial charge >= 0.3 is 0 Å². The minimum absolute atomic E-state index is 0.0865. The van der Waals surface area contributed by atoms with Gasteiger partial charge in [0, 0.05) is 25.6 Å². The first-order valence-electron chi connectivity index (χ1n) is 11.8. The number of hydrogen-bond donors (Lipinski definition) is 0. The molecule has 0 saturated carbocycles. The summed E-state index contributed by atoms with van der Waals surface area (Å²) in [4.78, 5) is 14.7. The van der Waals surface area contributed by atoms with Crippen LogP contribution < -0.4 is 0 Å². The lowest BCUT2D eigenvalue weighted by Gasteiger charge is -2.19. The largest absolute Gasteiger partial charge is 0.208 e. The van der Waals surface area contributed by atoms with Gasteiger partial charge in [-0.3, -0.25) is 0 Å². The van der Waals surface area contributed by atoms with Crippen molar-refractivity contribution in [1.29, 1.82) is 0 Å². The number of hydrogen-bond acceptors (Lipinski definition) is 3. The van der Waals surface area contributed by atoms with Gasteiger partial charge in [-0.1, -0.05) is 122 Å². The van der Waals surface area contributed by atoms with Crippen molar-refractivity contribution in [2.24, 2.45) is 0 Å². The molecule has 0 bridgehead atoms. The van der Waals surface area contributed by atoms with Crippen LogP contribution in [0.1, 0.15) is 58.2 Å². The van der Waals surface area contributed by atoms with E-state index >= 15 is 0 Å². The summed E-state index contributed by atoms with van der Waals surface area (Å²) in [6.45, 7) is 15.4. The van der Waals surface area contributed by atoms with E-state index in [1.807, 2.05) is 0 Å². The zero-order chi connectivity index (χ0) is 25.5. The molecule has 0 amide bonds. The molecular formula is C30H31Br2N3. The molecule has 180 valence electrons. The van der Waals surface area contributed by atoms with Gasteiger partial charge in [-0.05, 0) is 46.6 Å². The lowest BCUT2D eigenvalue weighted by atomic mass is 9.86. The second kappa shape index (κ2) is 9.59. The van der Waals surface area contributed by atoms with E-state index in [0.717, 1.165) is 31.2 Å². The highest BCUT2D eigenvalue weighted by Crippen LogP contribution is 2.33. The molecule has 1 aromatic heterocycles.